The predicted molar refractivity (Wildman–Crippen MR) is 157 cm³/mol. The van der Waals surface area contributed by atoms with Gasteiger partial charge in [0.25, 0.3) is 0 Å². The van der Waals surface area contributed by atoms with E-state index in [1.54, 1.807) is 17.5 Å². The standard InChI is InChI=1S/C30H25N7OS/c1-3-38-23-14-7-5-12-21(23)33-28-30-34-29-26(19(2)35-37(29)25-16-8-9-17-31-25)27(24-15-10-18-39-24)36(30)22-13-6-4-11-20(22)32-28/h4-18,27H,3H2,1-2H3,(H,32,33). The van der Waals surface area contributed by atoms with Crippen LogP contribution in [-0.4, -0.2) is 33.0 Å². The topological polar surface area (TPSA) is 79.9 Å². The number of hydrogen-bond donors (Lipinski definition) is 1. The molecule has 5 heterocycles. The van der Waals surface area contributed by atoms with E-state index in [0.717, 1.165) is 39.9 Å². The van der Waals surface area contributed by atoms with Crippen LogP contribution in [0, 0.1) is 6.92 Å². The number of rotatable bonds is 5. The summed E-state index contributed by atoms with van der Waals surface area (Å²) in [5.74, 6) is 3.58. The van der Waals surface area contributed by atoms with Crippen LogP contribution in [0.2, 0.25) is 0 Å². The first-order valence-electron chi connectivity index (χ1n) is 12.8. The quantitative estimate of drug-likeness (QED) is 0.269. The summed E-state index contributed by atoms with van der Waals surface area (Å²) in [4.78, 5) is 18.4. The minimum Gasteiger partial charge on any atom is -0.492 e. The van der Waals surface area contributed by atoms with Crippen molar-refractivity contribution < 1.29 is 4.74 Å². The summed E-state index contributed by atoms with van der Waals surface area (Å²) in [6, 6.07) is 26.0. The lowest BCUT2D eigenvalue weighted by Crippen LogP contribution is -2.46. The van der Waals surface area contributed by atoms with Gasteiger partial charge in [-0.15, -0.1) is 11.3 Å². The number of thiophene rings is 1. The zero-order chi connectivity index (χ0) is 26.3. The zero-order valence-electron chi connectivity index (χ0n) is 21.4. The van der Waals surface area contributed by atoms with E-state index in [-0.39, 0.29) is 6.04 Å². The van der Waals surface area contributed by atoms with Crippen LogP contribution in [0.3, 0.4) is 0 Å². The van der Waals surface area contributed by atoms with E-state index in [2.05, 4.69) is 38.8 Å². The molecule has 0 radical (unpaired) electrons. The van der Waals surface area contributed by atoms with Gasteiger partial charge in [0.2, 0.25) is 0 Å². The highest BCUT2D eigenvalue weighted by Gasteiger charge is 2.42. The van der Waals surface area contributed by atoms with Gasteiger partial charge < -0.3 is 15.0 Å². The van der Waals surface area contributed by atoms with Gasteiger partial charge in [-0.3, -0.25) is 0 Å². The Morgan fingerprint density at radius 1 is 0.949 bits per heavy atom. The molecule has 1 unspecified atom stereocenters. The molecule has 192 valence electrons. The number of aliphatic imine (C=N–C) groups is 2. The maximum Gasteiger partial charge on any atom is 0.179 e. The SMILES string of the molecule is CCOc1ccccc1NC1=Nc2ccccc2N2C1=Nc1c(c(C)nn1-c1ccccn1)C2c1cccs1. The molecule has 2 aliphatic rings. The molecule has 0 saturated carbocycles. The second-order valence-corrected chi connectivity index (χ2v) is 10.1. The summed E-state index contributed by atoms with van der Waals surface area (Å²) in [6.07, 6.45) is 1.77. The Hall–Kier alpha value is -4.76. The first-order chi connectivity index (χ1) is 19.2. The highest BCUT2D eigenvalue weighted by molar-refractivity contribution is 7.10. The molecule has 7 rings (SSSR count). The van der Waals surface area contributed by atoms with Crippen molar-refractivity contribution in [3.8, 4) is 11.6 Å². The van der Waals surface area contributed by atoms with Crippen molar-refractivity contribution in [3.05, 3.63) is 107 Å². The normalized spacial score (nSPS) is 15.5. The molecule has 0 bridgehead atoms. The van der Waals surface area contributed by atoms with E-state index in [1.165, 1.54) is 4.88 Å². The summed E-state index contributed by atoms with van der Waals surface area (Å²) in [5.41, 5.74) is 4.65. The number of nitrogens with zero attached hydrogens (tertiary/aromatic N) is 6. The number of ether oxygens (including phenoxy) is 1. The molecule has 1 atom stereocenters. The molecule has 0 saturated heterocycles. The number of fused-ring (bicyclic) bond motifs is 4. The fourth-order valence-electron chi connectivity index (χ4n) is 5.13. The molecule has 3 aromatic heterocycles. The lowest BCUT2D eigenvalue weighted by atomic mass is 9.98. The lowest BCUT2D eigenvalue weighted by Gasteiger charge is -2.40. The van der Waals surface area contributed by atoms with Crippen molar-refractivity contribution in [2.45, 2.75) is 19.9 Å². The van der Waals surface area contributed by atoms with E-state index >= 15 is 0 Å². The van der Waals surface area contributed by atoms with Gasteiger partial charge in [0.05, 0.1) is 29.4 Å². The van der Waals surface area contributed by atoms with E-state index in [1.807, 2.05) is 79.2 Å². The third-order valence-electron chi connectivity index (χ3n) is 6.76. The third kappa shape index (κ3) is 3.90. The maximum atomic E-state index is 5.91. The van der Waals surface area contributed by atoms with Crippen LogP contribution in [0.5, 0.6) is 5.75 Å². The first kappa shape index (κ1) is 23.4. The van der Waals surface area contributed by atoms with Crippen LogP contribution in [-0.2, 0) is 0 Å². The number of nitrogens with one attached hydrogen (secondary N) is 1. The van der Waals surface area contributed by atoms with Gasteiger partial charge in [0.15, 0.2) is 23.3 Å². The summed E-state index contributed by atoms with van der Waals surface area (Å²) in [7, 11) is 0. The number of aromatic nitrogens is 3. The number of anilines is 2. The monoisotopic (exact) mass is 531 g/mol. The number of aryl methyl sites for hydroxylation is 1. The molecule has 9 heteroatoms. The van der Waals surface area contributed by atoms with Crippen molar-refractivity contribution in [1.29, 1.82) is 0 Å². The van der Waals surface area contributed by atoms with Gasteiger partial charge in [0, 0.05) is 16.6 Å². The summed E-state index contributed by atoms with van der Waals surface area (Å²) < 4.78 is 7.74. The van der Waals surface area contributed by atoms with Crippen LogP contribution in [0.1, 0.15) is 29.1 Å². The molecule has 0 spiro atoms. The van der Waals surface area contributed by atoms with E-state index in [0.29, 0.717) is 24.1 Å². The molecule has 8 nitrogen and oxygen atoms in total. The third-order valence-corrected chi connectivity index (χ3v) is 7.68. The molecule has 39 heavy (non-hydrogen) atoms. The van der Waals surface area contributed by atoms with Crippen molar-refractivity contribution in [1.82, 2.24) is 14.8 Å². The van der Waals surface area contributed by atoms with Crippen molar-refractivity contribution in [3.63, 3.8) is 0 Å². The van der Waals surface area contributed by atoms with Gasteiger partial charge in [-0.25, -0.2) is 15.0 Å². The minimum absolute atomic E-state index is 0.138. The van der Waals surface area contributed by atoms with Crippen LogP contribution >= 0.6 is 11.3 Å². The second-order valence-electron chi connectivity index (χ2n) is 9.15. The molecule has 0 amide bonds. The molecular formula is C30H25N7OS. The van der Waals surface area contributed by atoms with Gasteiger partial charge in [-0.1, -0.05) is 36.4 Å². The van der Waals surface area contributed by atoms with E-state index in [9.17, 15) is 0 Å². The highest BCUT2D eigenvalue weighted by atomic mass is 32.1. The smallest absolute Gasteiger partial charge is 0.179 e. The van der Waals surface area contributed by atoms with Crippen molar-refractivity contribution in [2.24, 2.45) is 9.98 Å². The average molecular weight is 532 g/mol. The van der Waals surface area contributed by atoms with E-state index < -0.39 is 0 Å². The van der Waals surface area contributed by atoms with Gasteiger partial charge in [-0.2, -0.15) is 9.78 Å². The Labute approximate surface area is 230 Å². The Kier molecular flexibility index (Phi) is 5.70. The molecule has 2 aromatic carbocycles. The van der Waals surface area contributed by atoms with Crippen molar-refractivity contribution >= 4 is 45.9 Å². The van der Waals surface area contributed by atoms with Gasteiger partial charge >= 0.3 is 0 Å². The van der Waals surface area contributed by atoms with Gasteiger partial charge in [-0.05, 0) is 61.7 Å². The largest absolute Gasteiger partial charge is 0.492 e. The Balaban J connectivity index is 1.47. The van der Waals surface area contributed by atoms with Crippen LogP contribution in [0.4, 0.5) is 22.9 Å². The number of amidine groups is 2. The minimum atomic E-state index is -0.138. The molecule has 0 aliphatic carbocycles. The van der Waals surface area contributed by atoms with Gasteiger partial charge in [0.1, 0.15) is 11.8 Å². The molecule has 5 aromatic rings. The van der Waals surface area contributed by atoms with Crippen LogP contribution < -0.4 is 15.0 Å². The van der Waals surface area contributed by atoms with Crippen LogP contribution in [0.25, 0.3) is 5.82 Å². The molecule has 0 fully saturated rings. The summed E-state index contributed by atoms with van der Waals surface area (Å²) in [6.45, 7) is 4.58. The fraction of sp³-hybridized carbons (Fsp3) is 0.133. The summed E-state index contributed by atoms with van der Waals surface area (Å²) >= 11 is 1.72. The Morgan fingerprint density at radius 3 is 2.62 bits per heavy atom. The molecule has 1 N–H and O–H groups in total. The average Bonchev–Trinajstić information content (AvgIpc) is 3.62. The molecule has 2 aliphatic heterocycles. The maximum absolute atomic E-state index is 5.91. The number of pyridine rings is 1. The zero-order valence-corrected chi connectivity index (χ0v) is 22.3. The predicted octanol–water partition coefficient (Wildman–Crippen LogP) is 6.83. The molecular weight excluding hydrogens is 506 g/mol. The number of benzene rings is 2. The number of hydrogen-bond acceptors (Lipinski definition) is 8. The van der Waals surface area contributed by atoms with Crippen molar-refractivity contribution in [2.75, 3.05) is 16.8 Å². The number of para-hydroxylation sites is 4. The van der Waals surface area contributed by atoms with E-state index in [4.69, 9.17) is 19.8 Å². The van der Waals surface area contributed by atoms with Crippen LogP contribution in [0.15, 0.2) is 100 Å². The highest BCUT2D eigenvalue weighted by Crippen LogP contribution is 2.49. The Morgan fingerprint density at radius 2 is 1.79 bits per heavy atom. The second kappa shape index (κ2) is 9.52. The lowest BCUT2D eigenvalue weighted by molar-refractivity contribution is 0.342. The first-order valence-corrected chi connectivity index (χ1v) is 13.7. The fourth-order valence-corrected chi connectivity index (χ4v) is 5.95. The Bertz CT molecular complexity index is 1720. The summed E-state index contributed by atoms with van der Waals surface area (Å²) in [5, 5.41) is 10.6.